The van der Waals surface area contributed by atoms with Gasteiger partial charge in [0.05, 0.1) is 6.07 Å². The van der Waals surface area contributed by atoms with Gasteiger partial charge in [-0.05, 0) is 19.8 Å². The molecule has 3 nitrogen and oxygen atoms in total. The van der Waals surface area contributed by atoms with Gasteiger partial charge in [-0.3, -0.25) is 4.79 Å². The van der Waals surface area contributed by atoms with E-state index >= 15 is 0 Å². The zero-order valence-electron chi connectivity index (χ0n) is 8.36. The predicted molar refractivity (Wildman–Crippen MR) is 61.5 cm³/mol. The van der Waals surface area contributed by atoms with Gasteiger partial charge in [0.2, 0.25) is 0 Å². The Morgan fingerprint density at radius 1 is 1.79 bits per heavy atom. The smallest absolute Gasteiger partial charge is 0.303 e. The van der Waals surface area contributed by atoms with Crippen LogP contribution in [0.15, 0.2) is 0 Å². The van der Waals surface area contributed by atoms with Crippen LogP contribution in [0.1, 0.15) is 33.1 Å². The molecule has 0 aliphatic rings. The summed E-state index contributed by atoms with van der Waals surface area (Å²) in [6.45, 7) is 3.75. The highest BCUT2D eigenvalue weighted by molar-refractivity contribution is 8.11. The Kier molecular flexibility index (Phi) is 6.05. The van der Waals surface area contributed by atoms with Crippen molar-refractivity contribution >= 4 is 30.4 Å². The van der Waals surface area contributed by atoms with Crippen molar-refractivity contribution in [2.45, 2.75) is 42.4 Å². The van der Waals surface area contributed by atoms with E-state index in [1.807, 2.05) is 6.92 Å². The molecule has 0 saturated heterocycles. The molecular formula is C9H15NO2S2. The number of carboxylic acids is 1. The maximum absolute atomic E-state index is 10.4. The number of carbonyl (C=O) groups is 1. The molecule has 0 fully saturated rings. The Morgan fingerprint density at radius 3 is 2.71 bits per heavy atom. The second kappa shape index (κ2) is 6.20. The Hall–Kier alpha value is -0.340. The SMILES string of the molecule is CCC(S)SC(C)(C#N)CCC(=O)O. The third-order valence-corrected chi connectivity index (χ3v) is 3.90. The molecule has 14 heavy (non-hydrogen) atoms. The fraction of sp³-hybridized carbons (Fsp3) is 0.778. The number of aliphatic carboxylic acids is 1. The fourth-order valence-corrected chi connectivity index (χ4v) is 2.61. The number of hydrogen-bond donors (Lipinski definition) is 2. The summed E-state index contributed by atoms with van der Waals surface area (Å²) in [4.78, 5) is 10.4. The van der Waals surface area contributed by atoms with Crippen molar-refractivity contribution in [1.82, 2.24) is 0 Å². The summed E-state index contributed by atoms with van der Waals surface area (Å²) in [6.07, 6.45) is 1.25. The standard InChI is InChI=1S/C9H15NO2S2/c1-3-8(13)14-9(2,6-10)5-4-7(11)12/h8,13H,3-5H2,1-2H3,(H,11,12). The van der Waals surface area contributed by atoms with E-state index in [0.717, 1.165) is 6.42 Å². The lowest BCUT2D eigenvalue weighted by Gasteiger charge is -2.22. The minimum absolute atomic E-state index is 0.0290. The van der Waals surface area contributed by atoms with Crippen molar-refractivity contribution in [1.29, 1.82) is 5.26 Å². The van der Waals surface area contributed by atoms with E-state index in [0.29, 0.717) is 6.42 Å². The molecule has 2 atom stereocenters. The van der Waals surface area contributed by atoms with Gasteiger partial charge in [0.15, 0.2) is 0 Å². The lowest BCUT2D eigenvalue weighted by Crippen LogP contribution is -2.21. The van der Waals surface area contributed by atoms with Crippen LogP contribution in [0.5, 0.6) is 0 Å². The molecule has 0 spiro atoms. The molecule has 0 rings (SSSR count). The number of rotatable bonds is 6. The minimum atomic E-state index is -0.862. The fourth-order valence-electron chi connectivity index (χ4n) is 0.870. The van der Waals surface area contributed by atoms with Crippen LogP contribution in [0.4, 0.5) is 0 Å². The minimum Gasteiger partial charge on any atom is -0.481 e. The van der Waals surface area contributed by atoms with E-state index < -0.39 is 10.7 Å². The van der Waals surface area contributed by atoms with Gasteiger partial charge in [0.25, 0.3) is 0 Å². The average Bonchev–Trinajstić information content (AvgIpc) is 2.14. The van der Waals surface area contributed by atoms with Crippen LogP contribution < -0.4 is 0 Å². The Morgan fingerprint density at radius 2 is 2.36 bits per heavy atom. The zero-order valence-corrected chi connectivity index (χ0v) is 10.1. The van der Waals surface area contributed by atoms with E-state index in [-0.39, 0.29) is 11.0 Å². The topological polar surface area (TPSA) is 61.1 Å². The Bertz CT molecular complexity index is 239. The molecule has 0 aromatic carbocycles. The molecule has 0 aliphatic heterocycles. The largest absolute Gasteiger partial charge is 0.481 e. The molecule has 0 aromatic rings. The first-order valence-electron chi connectivity index (χ1n) is 4.42. The molecule has 2 unspecified atom stereocenters. The highest BCUT2D eigenvalue weighted by Gasteiger charge is 2.27. The normalized spacial score (nSPS) is 16.7. The molecule has 0 aliphatic carbocycles. The molecule has 0 radical (unpaired) electrons. The van der Waals surface area contributed by atoms with Crippen LogP contribution in [0.3, 0.4) is 0 Å². The van der Waals surface area contributed by atoms with Crippen molar-refractivity contribution < 1.29 is 9.90 Å². The summed E-state index contributed by atoms with van der Waals surface area (Å²) in [5.41, 5.74) is 0. The molecule has 5 heteroatoms. The van der Waals surface area contributed by atoms with E-state index in [4.69, 9.17) is 10.4 Å². The van der Waals surface area contributed by atoms with Crippen molar-refractivity contribution in [2.24, 2.45) is 0 Å². The highest BCUT2D eigenvalue weighted by atomic mass is 32.2. The van der Waals surface area contributed by atoms with Gasteiger partial charge in [-0.25, -0.2) is 0 Å². The van der Waals surface area contributed by atoms with Gasteiger partial charge in [0.1, 0.15) is 4.75 Å². The highest BCUT2D eigenvalue weighted by Crippen LogP contribution is 2.35. The van der Waals surface area contributed by atoms with Crippen molar-refractivity contribution in [3.8, 4) is 6.07 Å². The summed E-state index contributed by atoms with van der Waals surface area (Å²) >= 11 is 5.72. The molecule has 0 amide bonds. The van der Waals surface area contributed by atoms with Gasteiger partial charge in [0, 0.05) is 11.0 Å². The van der Waals surface area contributed by atoms with Crippen LogP contribution in [-0.2, 0) is 4.79 Å². The van der Waals surface area contributed by atoms with Gasteiger partial charge in [-0.2, -0.15) is 17.9 Å². The summed E-state index contributed by atoms with van der Waals surface area (Å²) in [6, 6.07) is 2.15. The number of carboxylic acid groups (broad SMARTS) is 1. The summed E-state index contributed by atoms with van der Waals surface area (Å²) in [5, 5.41) is 17.5. The van der Waals surface area contributed by atoms with Crippen molar-refractivity contribution in [2.75, 3.05) is 0 Å². The van der Waals surface area contributed by atoms with E-state index in [1.54, 1.807) is 6.92 Å². The summed E-state index contributed by atoms with van der Waals surface area (Å²) in [5.74, 6) is -0.862. The number of thiol groups is 1. The van der Waals surface area contributed by atoms with Gasteiger partial charge < -0.3 is 5.11 Å². The second-order valence-electron chi connectivity index (χ2n) is 3.22. The van der Waals surface area contributed by atoms with Gasteiger partial charge in [-0.15, -0.1) is 11.8 Å². The molecule has 0 bridgehead atoms. The third kappa shape index (κ3) is 5.40. The van der Waals surface area contributed by atoms with Crippen LogP contribution in [0, 0.1) is 11.3 Å². The first-order valence-corrected chi connectivity index (χ1v) is 5.82. The quantitative estimate of drug-likeness (QED) is 0.546. The Balaban J connectivity index is 4.19. The number of thioether (sulfide) groups is 1. The molecule has 0 heterocycles. The van der Waals surface area contributed by atoms with E-state index in [9.17, 15) is 4.79 Å². The first-order chi connectivity index (χ1) is 6.43. The molecule has 0 saturated carbocycles. The second-order valence-corrected chi connectivity index (χ2v) is 5.90. The van der Waals surface area contributed by atoms with Gasteiger partial charge in [-0.1, -0.05) is 6.92 Å². The molecule has 0 aromatic heterocycles. The zero-order chi connectivity index (χ0) is 11.2. The van der Waals surface area contributed by atoms with E-state index in [2.05, 4.69) is 18.7 Å². The van der Waals surface area contributed by atoms with Crippen molar-refractivity contribution in [3.63, 3.8) is 0 Å². The number of hydrogen-bond acceptors (Lipinski definition) is 4. The van der Waals surface area contributed by atoms with Gasteiger partial charge >= 0.3 is 5.97 Å². The van der Waals surface area contributed by atoms with Crippen LogP contribution in [0.2, 0.25) is 0 Å². The third-order valence-electron chi connectivity index (χ3n) is 1.80. The number of nitriles is 1. The molecule has 1 N–H and O–H groups in total. The Labute approximate surface area is 94.3 Å². The first kappa shape index (κ1) is 13.7. The van der Waals surface area contributed by atoms with Crippen molar-refractivity contribution in [3.05, 3.63) is 0 Å². The van der Waals surface area contributed by atoms with Crippen LogP contribution in [-0.4, -0.2) is 20.4 Å². The number of nitrogens with zero attached hydrogens (tertiary/aromatic N) is 1. The summed E-state index contributed by atoms with van der Waals surface area (Å²) in [7, 11) is 0. The van der Waals surface area contributed by atoms with Crippen LogP contribution in [0.25, 0.3) is 0 Å². The average molecular weight is 233 g/mol. The maximum Gasteiger partial charge on any atom is 0.303 e. The van der Waals surface area contributed by atoms with Crippen LogP contribution >= 0.6 is 24.4 Å². The lowest BCUT2D eigenvalue weighted by molar-refractivity contribution is -0.137. The monoisotopic (exact) mass is 233 g/mol. The molecule has 80 valence electrons. The lowest BCUT2D eigenvalue weighted by atomic mass is 10.1. The predicted octanol–water partition coefficient (Wildman–Crippen LogP) is 2.53. The van der Waals surface area contributed by atoms with E-state index in [1.165, 1.54) is 11.8 Å². The maximum atomic E-state index is 10.4. The summed E-state index contributed by atoms with van der Waals surface area (Å²) < 4.78 is -0.547. The molecular weight excluding hydrogens is 218 g/mol.